The van der Waals surface area contributed by atoms with Gasteiger partial charge in [0.2, 0.25) is 0 Å². The number of nitrogens with one attached hydrogen (secondary N) is 1. The zero-order valence-electron chi connectivity index (χ0n) is 16.3. The lowest BCUT2D eigenvalue weighted by Gasteiger charge is -2.51. The van der Waals surface area contributed by atoms with Crippen LogP contribution in [-0.2, 0) is 13.0 Å². The minimum absolute atomic E-state index is 0.101. The molecule has 0 saturated carbocycles. The van der Waals surface area contributed by atoms with Crippen molar-refractivity contribution in [1.29, 1.82) is 0 Å². The maximum atomic E-state index is 12.2. The molecule has 148 valence electrons. The van der Waals surface area contributed by atoms with Crippen LogP contribution >= 0.6 is 0 Å². The highest BCUT2D eigenvalue weighted by molar-refractivity contribution is 5.91. The van der Waals surface area contributed by atoms with Crippen LogP contribution < -0.4 is 5.32 Å². The van der Waals surface area contributed by atoms with E-state index in [1.54, 1.807) is 18.4 Å². The van der Waals surface area contributed by atoms with E-state index < -0.39 is 0 Å². The van der Waals surface area contributed by atoms with Gasteiger partial charge in [-0.15, -0.1) is 0 Å². The van der Waals surface area contributed by atoms with Crippen LogP contribution in [0.15, 0.2) is 47.1 Å². The molecule has 0 spiro atoms. The highest BCUT2D eigenvalue weighted by atomic mass is 16.3. The Kier molecular flexibility index (Phi) is 4.95. The number of piperidine rings is 3. The summed E-state index contributed by atoms with van der Waals surface area (Å²) in [6.45, 7) is 6.56. The lowest BCUT2D eigenvalue weighted by Crippen LogP contribution is -2.58. The number of nitrogens with zero attached hydrogens (tertiary/aromatic N) is 2. The average Bonchev–Trinajstić information content (AvgIpc) is 3.28. The first-order chi connectivity index (χ1) is 13.8. The van der Waals surface area contributed by atoms with Crippen LogP contribution in [0.4, 0.5) is 0 Å². The Hall–Kier alpha value is -2.11. The second kappa shape index (κ2) is 7.72. The fraction of sp³-hybridized carbons (Fsp3) is 0.522. The van der Waals surface area contributed by atoms with Crippen molar-refractivity contribution in [3.8, 4) is 0 Å². The van der Waals surface area contributed by atoms with Crippen molar-refractivity contribution in [3.63, 3.8) is 0 Å². The van der Waals surface area contributed by atoms with E-state index >= 15 is 0 Å². The molecule has 6 rings (SSSR count). The average molecular weight is 380 g/mol. The van der Waals surface area contributed by atoms with Crippen LogP contribution in [-0.4, -0.2) is 54.5 Å². The summed E-state index contributed by atoms with van der Waals surface area (Å²) in [4.78, 5) is 17.4. The van der Waals surface area contributed by atoms with Gasteiger partial charge in [0.1, 0.15) is 0 Å². The van der Waals surface area contributed by atoms with Crippen molar-refractivity contribution >= 4 is 5.91 Å². The molecule has 1 aromatic carbocycles. The quantitative estimate of drug-likeness (QED) is 0.868. The number of benzene rings is 1. The van der Waals surface area contributed by atoms with Crippen LogP contribution in [0.1, 0.15) is 34.5 Å². The molecule has 3 saturated heterocycles. The third-order valence-corrected chi connectivity index (χ3v) is 6.96. The van der Waals surface area contributed by atoms with Crippen molar-refractivity contribution in [3.05, 3.63) is 59.5 Å². The van der Waals surface area contributed by atoms with E-state index in [-0.39, 0.29) is 5.91 Å². The lowest BCUT2D eigenvalue weighted by atomic mass is 9.75. The topological polar surface area (TPSA) is 48.7 Å². The number of carbonyl (C=O) groups excluding carboxylic acids is 1. The summed E-state index contributed by atoms with van der Waals surface area (Å²) >= 11 is 0. The van der Waals surface area contributed by atoms with E-state index in [0.717, 1.165) is 24.9 Å². The molecule has 5 nitrogen and oxygen atoms in total. The Balaban J connectivity index is 1.15. The summed E-state index contributed by atoms with van der Waals surface area (Å²) in [5.41, 5.74) is 3.04. The van der Waals surface area contributed by atoms with Crippen molar-refractivity contribution in [1.82, 2.24) is 15.1 Å². The molecule has 3 fully saturated rings. The van der Waals surface area contributed by atoms with Gasteiger partial charge in [0.15, 0.2) is 5.76 Å². The highest BCUT2D eigenvalue weighted by Crippen LogP contribution is 2.37. The van der Waals surface area contributed by atoms with E-state index in [2.05, 4.69) is 39.4 Å². The molecule has 0 aliphatic carbocycles. The van der Waals surface area contributed by atoms with Crippen molar-refractivity contribution < 1.29 is 9.21 Å². The molecule has 5 heteroatoms. The summed E-state index contributed by atoms with van der Waals surface area (Å²) in [7, 11) is 0. The van der Waals surface area contributed by atoms with Gasteiger partial charge in [0, 0.05) is 38.8 Å². The third kappa shape index (κ3) is 3.61. The molecular formula is C23H29N3O2. The zero-order valence-corrected chi connectivity index (χ0v) is 16.3. The van der Waals surface area contributed by atoms with Crippen LogP contribution in [0.3, 0.4) is 0 Å². The van der Waals surface area contributed by atoms with E-state index in [1.807, 2.05) is 0 Å². The first kappa shape index (κ1) is 18.0. The molecule has 1 unspecified atom stereocenters. The molecular weight excluding hydrogens is 350 g/mol. The predicted octanol–water partition coefficient (Wildman–Crippen LogP) is 2.78. The van der Waals surface area contributed by atoms with Crippen molar-refractivity contribution in [2.45, 2.75) is 31.8 Å². The van der Waals surface area contributed by atoms with Gasteiger partial charge in [-0.05, 0) is 60.9 Å². The Morgan fingerprint density at radius 3 is 2.82 bits per heavy atom. The Morgan fingerprint density at radius 2 is 2.04 bits per heavy atom. The summed E-state index contributed by atoms with van der Waals surface area (Å²) < 4.78 is 5.19. The number of hydrogen-bond acceptors (Lipinski definition) is 4. The Morgan fingerprint density at radius 1 is 1.14 bits per heavy atom. The van der Waals surface area contributed by atoms with Gasteiger partial charge >= 0.3 is 0 Å². The first-order valence-electron chi connectivity index (χ1n) is 10.6. The zero-order chi connectivity index (χ0) is 18.9. The fourth-order valence-electron chi connectivity index (χ4n) is 5.42. The van der Waals surface area contributed by atoms with Crippen LogP contribution in [0.2, 0.25) is 0 Å². The largest absolute Gasteiger partial charge is 0.459 e. The summed E-state index contributed by atoms with van der Waals surface area (Å²) in [5.74, 6) is 1.85. The molecule has 4 atom stereocenters. The molecule has 4 aliphatic rings. The minimum atomic E-state index is -0.101. The maximum absolute atomic E-state index is 12.2. The lowest BCUT2D eigenvalue weighted by molar-refractivity contribution is -0.0131. The number of furan rings is 1. The molecule has 2 aromatic rings. The monoisotopic (exact) mass is 379 g/mol. The van der Waals surface area contributed by atoms with Crippen LogP contribution in [0.25, 0.3) is 0 Å². The van der Waals surface area contributed by atoms with E-state index in [9.17, 15) is 4.79 Å². The van der Waals surface area contributed by atoms with Gasteiger partial charge in [-0.2, -0.15) is 0 Å². The summed E-state index contributed by atoms with van der Waals surface area (Å²) in [6, 6.07) is 12.8. The SMILES string of the molecule is O=C(NC[C@H]1C[C@@H]2CCN1C[C@H]2CN1CCc2ccccc2C1)c1ccco1. The maximum Gasteiger partial charge on any atom is 0.287 e. The van der Waals surface area contributed by atoms with Gasteiger partial charge in [0.05, 0.1) is 6.26 Å². The highest BCUT2D eigenvalue weighted by Gasteiger charge is 2.40. The summed E-state index contributed by atoms with van der Waals surface area (Å²) in [6.07, 6.45) is 5.23. The molecule has 4 aliphatic heterocycles. The predicted molar refractivity (Wildman–Crippen MR) is 108 cm³/mol. The minimum Gasteiger partial charge on any atom is -0.459 e. The van der Waals surface area contributed by atoms with Crippen molar-refractivity contribution in [2.24, 2.45) is 11.8 Å². The molecule has 0 radical (unpaired) electrons. The van der Waals surface area contributed by atoms with Crippen LogP contribution in [0, 0.1) is 11.8 Å². The molecule has 1 N–H and O–H groups in total. The molecule has 2 bridgehead atoms. The van der Waals surface area contributed by atoms with Gasteiger partial charge in [-0.25, -0.2) is 0 Å². The second-order valence-corrected chi connectivity index (χ2v) is 8.63. The van der Waals surface area contributed by atoms with Gasteiger partial charge in [0.25, 0.3) is 5.91 Å². The van der Waals surface area contributed by atoms with Crippen LogP contribution in [0.5, 0.6) is 0 Å². The third-order valence-electron chi connectivity index (χ3n) is 6.96. The molecule has 5 heterocycles. The normalized spacial score (nSPS) is 29.4. The Bertz CT molecular complexity index is 819. The fourth-order valence-corrected chi connectivity index (χ4v) is 5.42. The van der Waals surface area contributed by atoms with Crippen molar-refractivity contribution in [2.75, 3.05) is 32.7 Å². The van der Waals surface area contributed by atoms with Gasteiger partial charge in [-0.1, -0.05) is 24.3 Å². The number of amides is 1. The number of fused-ring (bicyclic) bond motifs is 4. The smallest absolute Gasteiger partial charge is 0.287 e. The molecule has 1 aromatic heterocycles. The van der Waals surface area contributed by atoms with E-state index in [1.165, 1.54) is 56.6 Å². The van der Waals surface area contributed by atoms with E-state index in [4.69, 9.17) is 4.42 Å². The van der Waals surface area contributed by atoms with Gasteiger partial charge < -0.3 is 9.73 Å². The van der Waals surface area contributed by atoms with E-state index in [0.29, 0.717) is 11.8 Å². The molecule has 1 amide bonds. The first-order valence-corrected chi connectivity index (χ1v) is 10.6. The second-order valence-electron chi connectivity index (χ2n) is 8.63. The number of hydrogen-bond donors (Lipinski definition) is 1. The van der Waals surface area contributed by atoms with Gasteiger partial charge in [-0.3, -0.25) is 14.6 Å². The number of carbonyl (C=O) groups is 1. The number of rotatable bonds is 5. The standard InChI is InChI=1S/C23H29N3O2/c27-23(22-6-3-11-28-22)24-13-21-12-18-8-10-26(21)16-20(18)15-25-9-7-17-4-1-2-5-19(17)14-25/h1-6,11,18,20-21H,7-10,12-16H2,(H,24,27)/t18-,20+,21+/m0/s1. The molecule has 28 heavy (non-hydrogen) atoms. The summed E-state index contributed by atoms with van der Waals surface area (Å²) in [5, 5.41) is 3.06. The Labute approximate surface area is 166 Å².